The zero-order valence-corrected chi connectivity index (χ0v) is 32.7. The summed E-state index contributed by atoms with van der Waals surface area (Å²) in [7, 11) is 0. The van der Waals surface area contributed by atoms with Crippen LogP contribution in [0.1, 0.15) is 85.0 Å². The topological polar surface area (TPSA) is 317 Å². The van der Waals surface area contributed by atoms with Gasteiger partial charge in [-0.3, -0.25) is 4.79 Å². The van der Waals surface area contributed by atoms with Gasteiger partial charge in [0.25, 0.3) is 6.29 Å². The first-order valence-electron chi connectivity index (χ1n) is 19.7. The van der Waals surface area contributed by atoms with Crippen LogP contribution < -0.4 is 0 Å². The Bertz CT molecular complexity index is 1530. The number of esters is 1. The molecule has 4 aliphatic carbocycles. The van der Waals surface area contributed by atoms with E-state index in [2.05, 4.69) is 13.5 Å². The standard InChI is InChI=1S/C39H62O18/c1-18-16-38-12-6-23-36(3,10-5-11-37(23,4)35(53)56-32(51)28(48)25(45)20(43)8-14-40)24(38)7-13-39(18,19(38)2)57-33(52)30(50)31(21(44)9-15-41)55-34-29(49)27(47)26(46)22(17-42)54-34/h19-24,26-27,29,32-34,40-52H,1,5-17H2,2-4H3/b28-25-,31-30-/t19-,20?,21?,22?,23?,24+,26?,27?,29?,32?,33?,34?,36-,37-,38?,39-/m1/s1. The third-order valence-corrected chi connectivity index (χ3v) is 14.4. The van der Waals surface area contributed by atoms with E-state index < -0.39 is 126 Å². The maximum atomic E-state index is 13.9. The molecule has 13 N–H and O–H groups in total. The summed E-state index contributed by atoms with van der Waals surface area (Å²) in [4.78, 5) is 13.9. The zero-order valence-electron chi connectivity index (χ0n) is 32.7. The van der Waals surface area contributed by atoms with Crippen LogP contribution in [0.25, 0.3) is 0 Å². The monoisotopic (exact) mass is 818 g/mol. The van der Waals surface area contributed by atoms with Gasteiger partial charge in [-0.1, -0.05) is 26.8 Å². The Morgan fingerprint density at radius 3 is 2.09 bits per heavy atom. The SMILES string of the molecule is C=C1CC23CCC4[C@](C)(C(=O)OC(O)/C(O)=C(/O)C(O)CCO)CCC[C@@]4(C)[C@@H]2CC[C@]1(OC(O)/C(O)=C(/OC1OC(CO)C(O)C(O)C1O)C(O)CCO)[C@@H]3C. The Morgan fingerprint density at radius 1 is 0.825 bits per heavy atom. The number of aliphatic hydroxyl groups is 13. The molecule has 16 atom stereocenters. The predicted octanol–water partition coefficient (Wildman–Crippen LogP) is -0.0790. The number of carbonyl (C=O) groups is 1. The molecule has 1 saturated heterocycles. The minimum absolute atomic E-state index is 0.0239. The van der Waals surface area contributed by atoms with Crippen molar-refractivity contribution in [3.8, 4) is 0 Å². The molecule has 0 aromatic heterocycles. The zero-order chi connectivity index (χ0) is 42.4. The molecule has 1 aliphatic heterocycles. The first-order valence-corrected chi connectivity index (χ1v) is 19.7. The summed E-state index contributed by atoms with van der Waals surface area (Å²) in [6, 6.07) is 0. The van der Waals surface area contributed by atoms with Crippen LogP contribution in [-0.4, -0.2) is 153 Å². The molecule has 0 amide bonds. The third-order valence-electron chi connectivity index (χ3n) is 14.4. The van der Waals surface area contributed by atoms with Crippen molar-refractivity contribution < 1.29 is 90.1 Å². The van der Waals surface area contributed by atoms with Crippen LogP contribution in [-0.2, 0) is 23.7 Å². The second-order valence-electron chi connectivity index (χ2n) is 17.2. The lowest BCUT2D eigenvalue weighted by molar-refractivity contribution is -0.295. The number of fused-ring (bicyclic) bond motifs is 3. The van der Waals surface area contributed by atoms with E-state index in [-0.39, 0.29) is 30.6 Å². The predicted molar refractivity (Wildman–Crippen MR) is 195 cm³/mol. The number of aliphatic hydroxyl groups excluding tert-OH is 13. The van der Waals surface area contributed by atoms with Crippen molar-refractivity contribution in [2.24, 2.45) is 34.0 Å². The summed E-state index contributed by atoms with van der Waals surface area (Å²) >= 11 is 0. The summed E-state index contributed by atoms with van der Waals surface area (Å²) in [6.07, 6.45) is -12.7. The van der Waals surface area contributed by atoms with Crippen molar-refractivity contribution in [3.63, 3.8) is 0 Å². The van der Waals surface area contributed by atoms with E-state index in [1.165, 1.54) is 0 Å². The van der Waals surface area contributed by atoms with Gasteiger partial charge in [-0.25, -0.2) is 0 Å². The average molecular weight is 819 g/mol. The Morgan fingerprint density at radius 2 is 1.46 bits per heavy atom. The number of rotatable bonds is 15. The fraction of sp³-hybridized carbons (Fsp3) is 0.821. The normalized spacial score (nSPS) is 42.1. The minimum atomic E-state index is -2.25. The Balaban J connectivity index is 1.38. The lowest BCUT2D eigenvalue weighted by atomic mass is 9.39. The van der Waals surface area contributed by atoms with Gasteiger partial charge in [-0.05, 0) is 86.0 Å². The number of carbonyl (C=O) groups excluding carboxylic acids is 1. The second kappa shape index (κ2) is 17.2. The van der Waals surface area contributed by atoms with Gasteiger partial charge in [0.05, 0.1) is 17.6 Å². The molecule has 326 valence electrons. The van der Waals surface area contributed by atoms with Crippen LogP contribution in [0.2, 0.25) is 0 Å². The van der Waals surface area contributed by atoms with Crippen LogP contribution in [0.5, 0.6) is 0 Å². The lowest BCUT2D eigenvalue weighted by Crippen LogP contribution is -2.62. The molecule has 0 aromatic carbocycles. The Kier molecular flexibility index (Phi) is 13.7. The summed E-state index contributed by atoms with van der Waals surface area (Å²) in [5.74, 6) is -5.14. The minimum Gasteiger partial charge on any atom is -0.506 e. The van der Waals surface area contributed by atoms with E-state index in [9.17, 15) is 66.1 Å². The Hall–Kier alpha value is -2.59. The molecule has 2 bridgehead atoms. The van der Waals surface area contributed by atoms with Crippen molar-refractivity contribution in [3.05, 3.63) is 35.2 Å². The average Bonchev–Trinajstić information content (AvgIpc) is 3.26. The van der Waals surface area contributed by atoms with E-state index in [4.69, 9.17) is 24.1 Å². The van der Waals surface area contributed by atoms with Crippen LogP contribution in [0, 0.1) is 34.0 Å². The van der Waals surface area contributed by atoms with E-state index in [0.717, 1.165) is 6.42 Å². The molecule has 0 aromatic rings. The van der Waals surface area contributed by atoms with Crippen LogP contribution in [0.3, 0.4) is 0 Å². The molecule has 4 saturated carbocycles. The largest absolute Gasteiger partial charge is 0.506 e. The summed E-state index contributed by atoms with van der Waals surface area (Å²) < 4.78 is 22.6. The molecular weight excluding hydrogens is 756 g/mol. The molecular formula is C39H62O18. The van der Waals surface area contributed by atoms with Crippen LogP contribution in [0.15, 0.2) is 35.2 Å². The maximum Gasteiger partial charge on any atom is 0.314 e. The fourth-order valence-corrected chi connectivity index (χ4v) is 11.4. The van der Waals surface area contributed by atoms with Gasteiger partial charge in [0.2, 0.25) is 18.3 Å². The van der Waals surface area contributed by atoms with Gasteiger partial charge < -0.3 is 85.3 Å². The molecule has 0 radical (unpaired) electrons. The van der Waals surface area contributed by atoms with Crippen molar-refractivity contribution in [1.29, 1.82) is 0 Å². The van der Waals surface area contributed by atoms with Gasteiger partial charge in [-0.15, -0.1) is 0 Å². The van der Waals surface area contributed by atoms with E-state index in [1.807, 2.05) is 6.92 Å². The molecule has 5 fully saturated rings. The van der Waals surface area contributed by atoms with Gasteiger partial charge in [0.1, 0.15) is 36.6 Å². The highest BCUT2D eigenvalue weighted by Gasteiger charge is 2.71. The summed E-state index contributed by atoms with van der Waals surface area (Å²) in [5, 5.41) is 134. The first kappa shape index (κ1) is 45.5. The quantitative estimate of drug-likeness (QED) is 0.0445. The number of ether oxygens (including phenoxy) is 4. The molecule has 1 heterocycles. The highest BCUT2D eigenvalue weighted by molar-refractivity contribution is 5.77. The summed E-state index contributed by atoms with van der Waals surface area (Å²) in [6.45, 7) is 8.43. The number of hydrogen-bond donors (Lipinski definition) is 13. The van der Waals surface area contributed by atoms with Crippen LogP contribution >= 0.6 is 0 Å². The molecule has 11 unspecified atom stereocenters. The van der Waals surface area contributed by atoms with E-state index >= 15 is 0 Å². The second-order valence-corrected chi connectivity index (χ2v) is 17.2. The van der Waals surface area contributed by atoms with Crippen LogP contribution in [0.4, 0.5) is 0 Å². The summed E-state index contributed by atoms with van der Waals surface area (Å²) in [5.41, 5.74) is -2.44. The molecule has 5 rings (SSSR count). The highest BCUT2D eigenvalue weighted by atomic mass is 16.7. The molecule has 18 heteroatoms. The van der Waals surface area contributed by atoms with E-state index in [1.54, 1.807) is 6.92 Å². The van der Waals surface area contributed by atoms with Crippen molar-refractivity contribution in [2.75, 3.05) is 19.8 Å². The lowest BCUT2D eigenvalue weighted by Gasteiger charge is -2.65. The van der Waals surface area contributed by atoms with Gasteiger partial charge in [0, 0.05) is 26.1 Å². The van der Waals surface area contributed by atoms with Crippen molar-refractivity contribution >= 4 is 5.97 Å². The van der Waals surface area contributed by atoms with E-state index in [0.29, 0.717) is 50.5 Å². The van der Waals surface area contributed by atoms with Gasteiger partial charge in [0.15, 0.2) is 17.3 Å². The molecule has 1 spiro atoms. The first-order chi connectivity index (χ1) is 26.7. The van der Waals surface area contributed by atoms with Crippen molar-refractivity contribution in [1.82, 2.24) is 0 Å². The fourth-order valence-electron chi connectivity index (χ4n) is 11.4. The van der Waals surface area contributed by atoms with Gasteiger partial charge >= 0.3 is 5.97 Å². The van der Waals surface area contributed by atoms with Crippen molar-refractivity contribution in [2.45, 2.75) is 146 Å². The third kappa shape index (κ3) is 7.70. The number of hydrogen-bond acceptors (Lipinski definition) is 18. The Labute approximate surface area is 330 Å². The molecule has 57 heavy (non-hydrogen) atoms. The smallest absolute Gasteiger partial charge is 0.314 e. The highest BCUT2D eigenvalue weighted by Crippen LogP contribution is 2.75. The molecule has 18 nitrogen and oxygen atoms in total. The molecule has 5 aliphatic rings. The van der Waals surface area contributed by atoms with Gasteiger partial charge in [-0.2, -0.15) is 0 Å². The maximum absolute atomic E-state index is 13.9.